The molecule has 0 spiro atoms. The normalized spacial score (nSPS) is 21.5. The van der Waals surface area contributed by atoms with Crippen LogP contribution in [-0.4, -0.2) is 23.1 Å². The molecular formula is C13H14ClFN2O3. The Morgan fingerprint density at radius 1 is 1.35 bits per heavy atom. The van der Waals surface area contributed by atoms with E-state index in [-0.39, 0.29) is 11.1 Å². The molecule has 1 aromatic rings. The molecular weight excluding hydrogens is 287 g/mol. The van der Waals surface area contributed by atoms with Crippen LogP contribution in [0.5, 0.6) is 0 Å². The van der Waals surface area contributed by atoms with Crippen molar-refractivity contribution in [1.82, 2.24) is 5.32 Å². The van der Waals surface area contributed by atoms with Gasteiger partial charge in [-0.25, -0.2) is 9.18 Å². The molecule has 1 saturated carbocycles. The Morgan fingerprint density at radius 2 is 2.10 bits per heavy atom. The molecule has 1 aliphatic carbocycles. The SMILES string of the molecule is O=C(Nc1ccc(F)c(Cl)c1)N[C@H]1CC[C@@H](C(=O)O)C1. The van der Waals surface area contributed by atoms with Gasteiger partial charge in [-0.1, -0.05) is 11.6 Å². The maximum absolute atomic E-state index is 13.0. The van der Waals surface area contributed by atoms with E-state index >= 15 is 0 Å². The van der Waals surface area contributed by atoms with Crippen LogP contribution in [0.4, 0.5) is 14.9 Å². The first kappa shape index (κ1) is 14.6. The number of anilines is 1. The summed E-state index contributed by atoms with van der Waals surface area (Å²) >= 11 is 5.61. The summed E-state index contributed by atoms with van der Waals surface area (Å²) in [5, 5.41) is 14.0. The van der Waals surface area contributed by atoms with Gasteiger partial charge in [-0.2, -0.15) is 0 Å². The molecule has 3 N–H and O–H groups in total. The molecule has 1 fully saturated rings. The number of amides is 2. The van der Waals surface area contributed by atoms with Crippen LogP contribution in [0.15, 0.2) is 18.2 Å². The van der Waals surface area contributed by atoms with E-state index in [0.29, 0.717) is 24.9 Å². The molecule has 0 bridgehead atoms. The van der Waals surface area contributed by atoms with Crippen molar-refractivity contribution >= 4 is 29.3 Å². The first-order valence-corrected chi connectivity index (χ1v) is 6.59. The highest BCUT2D eigenvalue weighted by atomic mass is 35.5. The Morgan fingerprint density at radius 3 is 2.70 bits per heavy atom. The lowest BCUT2D eigenvalue weighted by atomic mass is 10.1. The third-order valence-corrected chi connectivity index (χ3v) is 3.58. The minimum atomic E-state index is -0.833. The summed E-state index contributed by atoms with van der Waals surface area (Å²) in [5.41, 5.74) is 0.377. The van der Waals surface area contributed by atoms with Gasteiger partial charge in [0.1, 0.15) is 5.82 Å². The van der Waals surface area contributed by atoms with Gasteiger partial charge in [0, 0.05) is 11.7 Å². The van der Waals surface area contributed by atoms with E-state index in [1.165, 1.54) is 12.1 Å². The van der Waals surface area contributed by atoms with Crippen molar-refractivity contribution in [2.24, 2.45) is 5.92 Å². The third-order valence-electron chi connectivity index (χ3n) is 3.29. The van der Waals surface area contributed by atoms with Crippen molar-refractivity contribution in [1.29, 1.82) is 0 Å². The smallest absolute Gasteiger partial charge is 0.319 e. The number of hydrogen-bond donors (Lipinski definition) is 3. The Labute approximate surface area is 120 Å². The molecule has 0 radical (unpaired) electrons. The number of halogens is 2. The number of aliphatic carboxylic acids is 1. The quantitative estimate of drug-likeness (QED) is 0.803. The van der Waals surface area contributed by atoms with Crippen LogP contribution in [0.3, 0.4) is 0 Å². The second-order valence-electron chi connectivity index (χ2n) is 4.77. The predicted octanol–water partition coefficient (Wildman–Crippen LogP) is 2.85. The molecule has 0 unspecified atom stereocenters. The van der Waals surface area contributed by atoms with Crippen LogP contribution in [0.1, 0.15) is 19.3 Å². The van der Waals surface area contributed by atoms with E-state index in [1.807, 2.05) is 0 Å². The molecule has 1 aliphatic rings. The van der Waals surface area contributed by atoms with E-state index in [1.54, 1.807) is 0 Å². The summed E-state index contributed by atoms with van der Waals surface area (Å²) in [6.07, 6.45) is 1.62. The zero-order valence-corrected chi connectivity index (χ0v) is 11.3. The van der Waals surface area contributed by atoms with E-state index in [2.05, 4.69) is 10.6 Å². The van der Waals surface area contributed by atoms with Gasteiger partial charge in [0.25, 0.3) is 0 Å². The van der Waals surface area contributed by atoms with Crippen molar-refractivity contribution in [2.75, 3.05) is 5.32 Å². The molecule has 0 saturated heterocycles. The molecule has 0 heterocycles. The van der Waals surface area contributed by atoms with Crippen molar-refractivity contribution in [3.8, 4) is 0 Å². The van der Waals surface area contributed by atoms with Crippen LogP contribution < -0.4 is 10.6 Å². The Hall–Kier alpha value is -1.82. The summed E-state index contributed by atoms with van der Waals surface area (Å²) in [7, 11) is 0. The fraction of sp³-hybridized carbons (Fsp3) is 0.385. The van der Waals surface area contributed by atoms with Crippen molar-refractivity contribution < 1.29 is 19.1 Å². The molecule has 7 heteroatoms. The van der Waals surface area contributed by atoms with Crippen molar-refractivity contribution in [3.05, 3.63) is 29.0 Å². The number of carbonyl (C=O) groups is 2. The highest BCUT2D eigenvalue weighted by Crippen LogP contribution is 2.26. The lowest BCUT2D eigenvalue weighted by Crippen LogP contribution is -2.36. The standard InChI is InChI=1S/C13H14ClFN2O3/c14-10-6-9(3-4-11(10)15)17-13(20)16-8-2-1-7(5-8)12(18)19/h3-4,6-8H,1-2,5H2,(H,18,19)(H2,16,17,20)/t7-,8+/m1/s1. The van der Waals surface area contributed by atoms with E-state index in [0.717, 1.165) is 6.07 Å². The topological polar surface area (TPSA) is 78.4 Å². The fourth-order valence-corrected chi connectivity index (χ4v) is 2.44. The lowest BCUT2D eigenvalue weighted by molar-refractivity contribution is -0.141. The third kappa shape index (κ3) is 3.60. The first-order chi connectivity index (χ1) is 9.45. The monoisotopic (exact) mass is 300 g/mol. The summed E-state index contributed by atoms with van der Waals surface area (Å²) < 4.78 is 13.0. The Bertz CT molecular complexity index is 538. The molecule has 20 heavy (non-hydrogen) atoms. The maximum Gasteiger partial charge on any atom is 0.319 e. The van der Waals surface area contributed by atoms with Crippen LogP contribution in [0.25, 0.3) is 0 Å². The molecule has 1 aromatic carbocycles. The van der Waals surface area contributed by atoms with Gasteiger partial charge in [-0.15, -0.1) is 0 Å². The second-order valence-corrected chi connectivity index (χ2v) is 5.18. The highest BCUT2D eigenvalue weighted by Gasteiger charge is 2.30. The fourth-order valence-electron chi connectivity index (χ4n) is 2.26. The van der Waals surface area contributed by atoms with E-state index < -0.39 is 23.7 Å². The summed E-state index contributed by atoms with van der Waals surface area (Å²) in [4.78, 5) is 22.5. The summed E-state index contributed by atoms with van der Waals surface area (Å²) in [6.45, 7) is 0. The van der Waals surface area contributed by atoms with E-state index in [9.17, 15) is 14.0 Å². The molecule has 2 atom stereocenters. The number of carboxylic acid groups (broad SMARTS) is 1. The van der Waals surface area contributed by atoms with E-state index in [4.69, 9.17) is 16.7 Å². The first-order valence-electron chi connectivity index (χ1n) is 6.21. The average molecular weight is 301 g/mol. The summed E-state index contributed by atoms with van der Waals surface area (Å²) in [5.74, 6) is -1.79. The number of benzene rings is 1. The Kier molecular flexibility index (Phi) is 4.44. The number of carboxylic acids is 1. The number of carbonyl (C=O) groups excluding carboxylic acids is 1. The van der Waals surface area contributed by atoms with Gasteiger partial charge in [-0.05, 0) is 37.5 Å². The zero-order chi connectivity index (χ0) is 14.7. The van der Waals surface area contributed by atoms with Gasteiger partial charge < -0.3 is 15.7 Å². The zero-order valence-electron chi connectivity index (χ0n) is 10.5. The number of nitrogens with one attached hydrogen (secondary N) is 2. The average Bonchev–Trinajstić information content (AvgIpc) is 2.82. The number of hydrogen-bond acceptors (Lipinski definition) is 2. The van der Waals surface area contributed by atoms with Crippen molar-refractivity contribution in [2.45, 2.75) is 25.3 Å². The molecule has 2 amide bonds. The Balaban J connectivity index is 1.87. The van der Waals surface area contributed by atoms with Gasteiger partial charge in [0.05, 0.1) is 10.9 Å². The molecule has 0 aliphatic heterocycles. The minimum absolute atomic E-state index is 0.0744. The molecule has 5 nitrogen and oxygen atoms in total. The lowest BCUT2D eigenvalue weighted by Gasteiger charge is -2.13. The summed E-state index contributed by atoms with van der Waals surface area (Å²) in [6, 6.07) is 3.25. The van der Waals surface area contributed by atoms with Crippen LogP contribution >= 0.6 is 11.6 Å². The highest BCUT2D eigenvalue weighted by molar-refractivity contribution is 6.31. The molecule has 0 aromatic heterocycles. The van der Waals surface area contributed by atoms with Crippen LogP contribution in [0.2, 0.25) is 5.02 Å². The van der Waals surface area contributed by atoms with Gasteiger partial charge in [0.15, 0.2) is 0 Å². The van der Waals surface area contributed by atoms with Gasteiger partial charge >= 0.3 is 12.0 Å². The number of rotatable bonds is 3. The predicted molar refractivity (Wildman–Crippen MR) is 72.3 cm³/mol. The van der Waals surface area contributed by atoms with Crippen molar-refractivity contribution in [3.63, 3.8) is 0 Å². The largest absolute Gasteiger partial charge is 0.481 e. The van der Waals surface area contributed by atoms with Gasteiger partial charge in [0.2, 0.25) is 0 Å². The second kappa shape index (κ2) is 6.09. The van der Waals surface area contributed by atoms with Crippen LogP contribution in [0, 0.1) is 11.7 Å². The minimum Gasteiger partial charge on any atom is -0.481 e. The van der Waals surface area contributed by atoms with Gasteiger partial charge in [-0.3, -0.25) is 4.79 Å². The number of urea groups is 1. The maximum atomic E-state index is 13.0. The molecule has 2 rings (SSSR count). The molecule has 108 valence electrons. The van der Waals surface area contributed by atoms with Crippen LogP contribution in [-0.2, 0) is 4.79 Å².